The predicted molar refractivity (Wildman–Crippen MR) is 135 cm³/mol. The van der Waals surface area contributed by atoms with Crippen molar-refractivity contribution >= 4 is 35.5 Å². The Bertz CT molecular complexity index is 1420. The van der Waals surface area contributed by atoms with Crippen LogP contribution in [0, 0.1) is 0 Å². The van der Waals surface area contributed by atoms with Gasteiger partial charge in [-0.15, -0.1) is 11.8 Å². The van der Waals surface area contributed by atoms with E-state index >= 15 is 0 Å². The predicted octanol–water partition coefficient (Wildman–Crippen LogP) is 2.45. The molecular weight excluding hydrogens is 496 g/mol. The van der Waals surface area contributed by atoms with Crippen LogP contribution < -0.4 is 5.32 Å². The van der Waals surface area contributed by atoms with Crippen molar-refractivity contribution in [3.05, 3.63) is 83.7 Å². The zero-order chi connectivity index (χ0) is 26.1. The number of benzene rings is 2. The fourth-order valence-electron chi connectivity index (χ4n) is 4.26. The quantitative estimate of drug-likeness (QED) is 0.360. The Labute approximate surface area is 215 Å². The molecule has 1 saturated heterocycles. The molecule has 10 nitrogen and oxygen atoms in total. The minimum Gasteiger partial charge on any atom is -0.477 e. The zero-order valence-electron chi connectivity index (χ0n) is 19.7. The molecule has 11 heteroatoms. The van der Waals surface area contributed by atoms with Crippen LogP contribution in [0.3, 0.4) is 0 Å². The highest BCUT2D eigenvalue weighted by molar-refractivity contribution is 8.00. The first kappa shape index (κ1) is 24.3. The number of nitrogens with zero attached hydrogens (tertiary/aromatic N) is 3. The third kappa shape index (κ3) is 4.60. The molecule has 1 fully saturated rings. The van der Waals surface area contributed by atoms with Crippen LogP contribution in [0.4, 0.5) is 0 Å². The number of hydrogen-bond acceptors (Lipinski definition) is 7. The summed E-state index contributed by atoms with van der Waals surface area (Å²) in [6.07, 6.45) is 1.61. The average molecular weight is 519 g/mol. The molecule has 0 saturated carbocycles. The van der Waals surface area contributed by atoms with Crippen molar-refractivity contribution in [1.29, 1.82) is 0 Å². The number of fused-ring (bicyclic) bond motifs is 1. The molecule has 2 amide bonds. The lowest BCUT2D eigenvalue weighted by Crippen LogP contribution is -2.70. The van der Waals surface area contributed by atoms with Gasteiger partial charge in [0.15, 0.2) is 0 Å². The van der Waals surface area contributed by atoms with Gasteiger partial charge in [0, 0.05) is 30.0 Å². The first-order valence-electron chi connectivity index (χ1n) is 11.4. The maximum Gasteiger partial charge on any atom is 0.352 e. The van der Waals surface area contributed by atoms with Gasteiger partial charge in [0.1, 0.15) is 29.4 Å². The molecule has 2 aromatic carbocycles. The number of esters is 1. The number of hydrogen-bond donors (Lipinski definition) is 2. The molecule has 37 heavy (non-hydrogen) atoms. The monoisotopic (exact) mass is 518 g/mol. The number of aromatic nitrogens is 2. The van der Waals surface area contributed by atoms with E-state index in [2.05, 4.69) is 10.4 Å². The van der Waals surface area contributed by atoms with Crippen LogP contribution in [-0.2, 0) is 19.1 Å². The first-order valence-corrected chi connectivity index (χ1v) is 12.4. The minimum absolute atomic E-state index is 0.206. The smallest absolute Gasteiger partial charge is 0.352 e. The molecule has 5 rings (SSSR count). The fourth-order valence-corrected chi connectivity index (χ4v) is 5.59. The Morgan fingerprint density at radius 2 is 1.78 bits per heavy atom. The molecule has 188 valence electrons. The Hall–Kier alpha value is -4.38. The number of carboxylic acid groups (broad SMARTS) is 1. The molecule has 0 bridgehead atoms. The second-order valence-corrected chi connectivity index (χ2v) is 9.54. The summed E-state index contributed by atoms with van der Waals surface area (Å²) < 4.78 is 6.56. The van der Waals surface area contributed by atoms with Gasteiger partial charge in [0.05, 0.1) is 11.3 Å². The van der Waals surface area contributed by atoms with Gasteiger partial charge in [0.2, 0.25) is 0 Å². The number of carboxylic acids is 1. The third-order valence-electron chi connectivity index (χ3n) is 6.01. The normalized spacial score (nSPS) is 18.6. The summed E-state index contributed by atoms with van der Waals surface area (Å²) in [7, 11) is 0. The number of β-lactam (4-membered cyclic amide) rings is 1. The highest BCUT2D eigenvalue weighted by atomic mass is 32.2. The number of aliphatic carboxylic acids is 1. The topological polar surface area (TPSA) is 131 Å². The second-order valence-electron chi connectivity index (χ2n) is 8.44. The summed E-state index contributed by atoms with van der Waals surface area (Å²) in [6, 6.07) is 17.7. The van der Waals surface area contributed by atoms with Gasteiger partial charge in [-0.3, -0.25) is 19.3 Å². The molecule has 0 radical (unpaired) electrons. The number of nitrogens with one attached hydrogen (secondary N) is 1. The average Bonchev–Trinajstić information content (AvgIpc) is 3.36. The summed E-state index contributed by atoms with van der Waals surface area (Å²) in [4.78, 5) is 50.7. The van der Waals surface area contributed by atoms with Crippen LogP contribution in [-0.4, -0.2) is 67.3 Å². The Morgan fingerprint density at radius 3 is 2.43 bits per heavy atom. The van der Waals surface area contributed by atoms with Crippen LogP contribution in [0.1, 0.15) is 17.3 Å². The van der Waals surface area contributed by atoms with Crippen LogP contribution >= 0.6 is 11.8 Å². The highest BCUT2D eigenvalue weighted by Gasteiger charge is 2.54. The van der Waals surface area contributed by atoms with Crippen LogP contribution in [0.2, 0.25) is 0 Å². The summed E-state index contributed by atoms with van der Waals surface area (Å²) in [5.74, 6) is -2.63. The second kappa shape index (κ2) is 9.94. The summed E-state index contributed by atoms with van der Waals surface area (Å²) in [5.41, 5.74) is 2.37. The van der Waals surface area contributed by atoms with Crippen molar-refractivity contribution in [2.24, 2.45) is 0 Å². The van der Waals surface area contributed by atoms with E-state index in [1.807, 2.05) is 60.7 Å². The van der Waals surface area contributed by atoms with Gasteiger partial charge >= 0.3 is 11.9 Å². The minimum atomic E-state index is -1.29. The Balaban J connectivity index is 1.41. The number of ether oxygens (including phenoxy) is 1. The van der Waals surface area contributed by atoms with E-state index in [4.69, 9.17) is 4.74 Å². The lowest BCUT2D eigenvalue weighted by molar-refractivity contribution is -0.149. The standard InChI is InChI=1S/C26H22N4O6S/c1-15(31)36-13-17-14-37-25-21(24(33)30(25)22(17)26(34)35)27-23(32)19-12-29(18-10-6-3-7-11-18)28-20(19)16-8-4-2-5-9-16/h2-12,21,25H,13-14H2,1H3,(H,27,32)(H,34,35). The molecule has 3 aromatic rings. The number of carbonyl (C=O) groups excluding carboxylic acids is 3. The van der Waals surface area contributed by atoms with Crippen molar-refractivity contribution in [2.75, 3.05) is 12.4 Å². The Kier molecular flexibility index (Phi) is 6.53. The molecule has 0 spiro atoms. The molecule has 2 unspecified atom stereocenters. The number of rotatable bonds is 7. The highest BCUT2D eigenvalue weighted by Crippen LogP contribution is 2.40. The molecule has 0 aliphatic carbocycles. The van der Waals surface area contributed by atoms with Crippen molar-refractivity contribution in [2.45, 2.75) is 18.3 Å². The Morgan fingerprint density at radius 1 is 1.11 bits per heavy atom. The van der Waals surface area contributed by atoms with E-state index in [0.29, 0.717) is 11.3 Å². The van der Waals surface area contributed by atoms with Gasteiger partial charge in [0.25, 0.3) is 11.8 Å². The number of carbonyl (C=O) groups is 4. The zero-order valence-corrected chi connectivity index (χ0v) is 20.5. The van der Waals surface area contributed by atoms with Gasteiger partial charge in [-0.2, -0.15) is 5.10 Å². The number of amides is 2. The fraction of sp³-hybridized carbons (Fsp3) is 0.192. The number of para-hydroxylation sites is 1. The summed E-state index contributed by atoms with van der Waals surface area (Å²) in [6.45, 7) is 1.01. The van der Waals surface area contributed by atoms with Gasteiger partial charge in [-0.1, -0.05) is 48.5 Å². The molecule has 3 heterocycles. The largest absolute Gasteiger partial charge is 0.477 e. The van der Waals surface area contributed by atoms with Crippen molar-refractivity contribution in [1.82, 2.24) is 20.0 Å². The molecule has 1 aromatic heterocycles. The van der Waals surface area contributed by atoms with Crippen LogP contribution in [0.15, 0.2) is 78.1 Å². The summed E-state index contributed by atoms with van der Waals surface area (Å²) >= 11 is 1.30. The first-order chi connectivity index (χ1) is 17.8. The van der Waals surface area contributed by atoms with Crippen LogP contribution in [0.25, 0.3) is 16.9 Å². The maximum atomic E-state index is 13.4. The van der Waals surface area contributed by atoms with E-state index in [0.717, 1.165) is 16.2 Å². The van der Waals surface area contributed by atoms with Gasteiger partial charge in [-0.25, -0.2) is 9.48 Å². The van der Waals surface area contributed by atoms with Gasteiger partial charge < -0.3 is 15.2 Å². The van der Waals surface area contributed by atoms with Crippen molar-refractivity contribution in [3.8, 4) is 16.9 Å². The van der Waals surface area contributed by atoms with E-state index in [-0.39, 0.29) is 23.6 Å². The lowest BCUT2D eigenvalue weighted by atomic mass is 10.0. The van der Waals surface area contributed by atoms with Crippen LogP contribution in [0.5, 0.6) is 0 Å². The SMILES string of the molecule is CC(=O)OCC1=C(C(=O)O)N2C(=O)C(NC(=O)c3cn(-c4ccccc4)nc3-c3ccccc3)C2SC1. The van der Waals surface area contributed by atoms with Crippen molar-refractivity contribution in [3.63, 3.8) is 0 Å². The summed E-state index contributed by atoms with van der Waals surface area (Å²) in [5, 5.41) is 16.6. The van der Waals surface area contributed by atoms with Crippen molar-refractivity contribution < 1.29 is 29.0 Å². The molecular formula is C26H22N4O6S. The maximum absolute atomic E-state index is 13.4. The molecule has 2 aliphatic rings. The van der Waals surface area contributed by atoms with E-state index in [1.165, 1.54) is 18.7 Å². The van der Waals surface area contributed by atoms with E-state index < -0.39 is 35.2 Å². The lowest BCUT2D eigenvalue weighted by Gasteiger charge is -2.49. The van der Waals surface area contributed by atoms with E-state index in [1.54, 1.807) is 10.9 Å². The molecule has 2 atom stereocenters. The third-order valence-corrected chi connectivity index (χ3v) is 7.35. The molecule has 2 N–H and O–H groups in total. The van der Waals surface area contributed by atoms with E-state index in [9.17, 15) is 24.3 Å². The molecule has 2 aliphatic heterocycles. The van der Waals surface area contributed by atoms with Gasteiger partial charge in [-0.05, 0) is 12.1 Å². The number of thioether (sulfide) groups is 1.